The zero-order valence-electron chi connectivity index (χ0n) is 12.7. The number of aromatic nitrogens is 2. The molecule has 2 heterocycles. The Bertz CT molecular complexity index is 1170. The molecule has 4 nitrogen and oxygen atoms in total. The van der Waals surface area contributed by atoms with Crippen molar-refractivity contribution in [3.05, 3.63) is 68.0 Å². The number of benzene rings is 2. The standard InChI is InChI=1S/C18H14N2O2S/c1-10-6-14-15(7-11(10)2)20-17(22)16(23-18(20)19-14)9-12-4-3-5-13(21)8-12/h3-9,21H,1-2H3/b16-9+. The summed E-state index contributed by atoms with van der Waals surface area (Å²) in [6, 6.07) is 10.9. The van der Waals surface area contributed by atoms with Crippen molar-refractivity contribution in [2.75, 3.05) is 0 Å². The lowest BCUT2D eigenvalue weighted by Crippen LogP contribution is -2.22. The zero-order valence-corrected chi connectivity index (χ0v) is 13.5. The molecule has 1 N–H and O–H groups in total. The second-order valence-corrected chi connectivity index (χ2v) is 6.67. The van der Waals surface area contributed by atoms with Crippen molar-refractivity contribution >= 4 is 33.4 Å². The van der Waals surface area contributed by atoms with E-state index in [0.717, 1.165) is 22.2 Å². The van der Waals surface area contributed by atoms with Gasteiger partial charge in [-0.2, -0.15) is 0 Å². The maximum atomic E-state index is 12.7. The Morgan fingerprint density at radius 1 is 1.17 bits per heavy atom. The molecule has 0 fully saturated rings. The summed E-state index contributed by atoms with van der Waals surface area (Å²) < 4.78 is 2.28. The highest BCUT2D eigenvalue weighted by Crippen LogP contribution is 2.20. The molecule has 0 bridgehead atoms. The van der Waals surface area contributed by atoms with E-state index >= 15 is 0 Å². The van der Waals surface area contributed by atoms with Crippen molar-refractivity contribution in [2.45, 2.75) is 13.8 Å². The Labute approximate surface area is 136 Å². The first-order valence-electron chi connectivity index (χ1n) is 7.26. The normalized spacial score (nSPS) is 12.5. The molecule has 0 aliphatic carbocycles. The summed E-state index contributed by atoms with van der Waals surface area (Å²) in [4.78, 5) is 18.0. The van der Waals surface area contributed by atoms with Gasteiger partial charge in [0.1, 0.15) is 5.75 Å². The number of fused-ring (bicyclic) bond motifs is 3. The van der Waals surface area contributed by atoms with Crippen LogP contribution < -0.4 is 10.1 Å². The smallest absolute Gasteiger partial charge is 0.274 e. The molecule has 5 heteroatoms. The van der Waals surface area contributed by atoms with Crippen LogP contribution >= 0.6 is 11.3 Å². The third-order valence-electron chi connectivity index (χ3n) is 4.02. The maximum Gasteiger partial charge on any atom is 0.274 e. The molecule has 0 aliphatic rings. The van der Waals surface area contributed by atoms with Crippen LogP contribution in [-0.2, 0) is 0 Å². The van der Waals surface area contributed by atoms with E-state index in [1.807, 2.05) is 32.0 Å². The van der Waals surface area contributed by atoms with Crippen molar-refractivity contribution in [1.82, 2.24) is 9.38 Å². The van der Waals surface area contributed by atoms with Crippen LogP contribution in [0.25, 0.3) is 22.1 Å². The second kappa shape index (κ2) is 4.93. The van der Waals surface area contributed by atoms with Gasteiger partial charge in [0.25, 0.3) is 5.56 Å². The summed E-state index contributed by atoms with van der Waals surface area (Å²) in [5.74, 6) is 0.184. The summed E-state index contributed by atoms with van der Waals surface area (Å²) in [6.07, 6.45) is 1.79. The first kappa shape index (κ1) is 14.0. The molecule has 0 spiro atoms. The molecule has 0 saturated carbocycles. The lowest BCUT2D eigenvalue weighted by atomic mass is 10.1. The molecule has 0 aliphatic heterocycles. The van der Waals surface area contributed by atoms with Crippen molar-refractivity contribution in [3.63, 3.8) is 0 Å². The maximum absolute atomic E-state index is 12.7. The largest absolute Gasteiger partial charge is 0.508 e. The summed E-state index contributed by atoms with van der Waals surface area (Å²) in [5, 5.41) is 9.55. The first-order chi connectivity index (χ1) is 11.0. The van der Waals surface area contributed by atoms with Gasteiger partial charge < -0.3 is 5.11 Å². The number of hydrogen-bond donors (Lipinski definition) is 1. The molecule has 2 aromatic heterocycles. The molecule has 0 atom stereocenters. The fraction of sp³-hybridized carbons (Fsp3) is 0.111. The molecule has 0 unspecified atom stereocenters. The zero-order chi connectivity index (χ0) is 16.1. The van der Waals surface area contributed by atoms with Crippen LogP contribution in [0.3, 0.4) is 0 Å². The monoisotopic (exact) mass is 322 g/mol. The summed E-state index contributed by atoms with van der Waals surface area (Å²) in [5.41, 5.74) is 4.73. The summed E-state index contributed by atoms with van der Waals surface area (Å²) in [6.45, 7) is 4.08. The number of thiazole rings is 1. The molecule has 4 aromatic rings. The SMILES string of the molecule is Cc1cc2nc3s/c(=C/c4cccc(O)c4)c(=O)n3c2cc1C. The molecule has 23 heavy (non-hydrogen) atoms. The van der Waals surface area contributed by atoms with Crippen LogP contribution in [0.4, 0.5) is 0 Å². The van der Waals surface area contributed by atoms with Gasteiger partial charge >= 0.3 is 0 Å². The van der Waals surface area contributed by atoms with Crippen LogP contribution in [0.15, 0.2) is 41.2 Å². The minimum atomic E-state index is -0.0703. The number of imidazole rings is 1. The van der Waals surface area contributed by atoms with E-state index in [9.17, 15) is 9.90 Å². The van der Waals surface area contributed by atoms with E-state index in [2.05, 4.69) is 4.98 Å². The molecule has 2 aromatic carbocycles. The van der Waals surface area contributed by atoms with Gasteiger partial charge in [0.05, 0.1) is 15.6 Å². The predicted molar refractivity (Wildman–Crippen MR) is 93.2 cm³/mol. The Morgan fingerprint density at radius 2 is 1.96 bits per heavy atom. The van der Waals surface area contributed by atoms with E-state index in [1.165, 1.54) is 16.9 Å². The van der Waals surface area contributed by atoms with Gasteiger partial charge in [0, 0.05) is 0 Å². The Kier molecular flexibility index (Phi) is 2.99. The molecule has 0 amide bonds. The van der Waals surface area contributed by atoms with Gasteiger partial charge in [-0.15, -0.1) is 0 Å². The van der Waals surface area contributed by atoms with Gasteiger partial charge in [-0.05, 0) is 60.9 Å². The van der Waals surface area contributed by atoms with Gasteiger partial charge in [0.2, 0.25) is 0 Å². The van der Waals surface area contributed by atoms with Gasteiger partial charge in [-0.1, -0.05) is 23.5 Å². The number of rotatable bonds is 1. The average Bonchev–Trinajstić information content (AvgIpc) is 2.97. The van der Waals surface area contributed by atoms with Crippen molar-refractivity contribution in [2.24, 2.45) is 0 Å². The van der Waals surface area contributed by atoms with Crippen LogP contribution in [0.1, 0.15) is 16.7 Å². The average molecular weight is 322 g/mol. The molecule has 4 rings (SSSR count). The molecule has 0 radical (unpaired) electrons. The third-order valence-corrected chi connectivity index (χ3v) is 4.99. The summed E-state index contributed by atoms with van der Waals surface area (Å²) >= 11 is 1.36. The first-order valence-corrected chi connectivity index (χ1v) is 8.07. The number of nitrogens with zero attached hydrogens (tertiary/aromatic N) is 2. The predicted octanol–water partition coefficient (Wildman–Crippen LogP) is 2.78. The topological polar surface area (TPSA) is 54.6 Å². The number of aromatic hydroxyl groups is 1. The van der Waals surface area contributed by atoms with Crippen LogP contribution in [-0.4, -0.2) is 14.5 Å². The highest BCUT2D eigenvalue weighted by Gasteiger charge is 2.12. The van der Waals surface area contributed by atoms with Crippen molar-refractivity contribution in [3.8, 4) is 5.75 Å². The number of phenolic OH excluding ortho intramolecular Hbond substituents is 1. The molecular weight excluding hydrogens is 308 g/mol. The fourth-order valence-corrected chi connectivity index (χ4v) is 3.67. The third kappa shape index (κ3) is 2.21. The summed E-state index contributed by atoms with van der Waals surface area (Å²) in [7, 11) is 0. The van der Waals surface area contributed by atoms with E-state index in [0.29, 0.717) is 9.49 Å². The highest BCUT2D eigenvalue weighted by molar-refractivity contribution is 7.15. The molecule has 114 valence electrons. The lowest BCUT2D eigenvalue weighted by molar-refractivity contribution is 0.475. The lowest BCUT2D eigenvalue weighted by Gasteiger charge is -1.98. The fourth-order valence-electron chi connectivity index (χ4n) is 2.68. The van der Waals surface area contributed by atoms with Crippen LogP contribution in [0, 0.1) is 13.8 Å². The van der Waals surface area contributed by atoms with E-state index < -0.39 is 0 Å². The van der Waals surface area contributed by atoms with Gasteiger partial charge in [0.15, 0.2) is 4.96 Å². The van der Waals surface area contributed by atoms with Crippen LogP contribution in [0.2, 0.25) is 0 Å². The van der Waals surface area contributed by atoms with Crippen LogP contribution in [0.5, 0.6) is 5.75 Å². The quantitative estimate of drug-likeness (QED) is 0.586. The van der Waals surface area contributed by atoms with E-state index in [4.69, 9.17) is 0 Å². The minimum absolute atomic E-state index is 0.0703. The number of aryl methyl sites for hydroxylation is 2. The van der Waals surface area contributed by atoms with Gasteiger partial charge in [-0.25, -0.2) is 9.38 Å². The molecule has 0 saturated heterocycles. The Hall–Kier alpha value is -2.66. The number of phenols is 1. The Balaban J connectivity index is 2.02. The minimum Gasteiger partial charge on any atom is -0.508 e. The van der Waals surface area contributed by atoms with Crippen molar-refractivity contribution in [1.29, 1.82) is 0 Å². The number of hydrogen-bond acceptors (Lipinski definition) is 4. The van der Waals surface area contributed by atoms with E-state index in [1.54, 1.807) is 28.7 Å². The second-order valence-electron chi connectivity index (χ2n) is 5.67. The molecular formula is C18H14N2O2S. The van der Waals surface area contributed by atoms with Crippen molar-refractivity contribution < 1.29 is 5.11 Å². The van der Waals surface area contributed by atoms with E-state index in [-0.39, 0.29) is 11.3 Å². The van der Waals surface area contributed by atoms with Gasteiger partial charge in [-0.3, -0.25) is 4.79 Å². The highest BCUT2D eigenvalue weighted by atomic mass is 32.1. The Morgan fingerprint density at radius 3 is 2.74 bits per heavy atom.